The van der Waals surface area contributed by atoms with Crippen LogP contribution in [-0.2, 0) is 11.2 Å². The number of aromatic nitrogens is 1. The van der Waals surface area contributed by atoms with Gasteiger partial charge in [-0.25, -0.2) is 0 Å². The number of benzene rings is 2. The smallest absolute Gasteiger partial charge is 0.222 e. The van der Waals surface area contributed by atoms with Crippen LogP contribution in [0.4, 0.5) is 0 Å². The molecule has 0 saturated carbocycles. The van der Waals surface area contributed by atoms with Crippen LogP contribution in [0.1, 0.15) is 24.8 Å². The molecule has 28 heavy (non-hydrogen) atoms. The van der Waals surface area contributed by atoms with Gasteiger partial charge in [-0.1, -0.05) is 46.3 Å². The van der Waals surface area contributed by atoms with E-state index in [9.17, 15) is 4.79 Å². The van der Waals surface area contributed by atoms with Gasteiger partial charge in [0.2, 0.25) is 5.91 Å². The first-order chi connectivity index (χ1) is 13.7. The molecule has 144 valence electrons. The van der Waals surface area contributed by atoms with E-state index in [1.807, 2.05) is 47.4 Å². The van der Waals surface area contributed by atoms with Crippen molar-refractivity contribution in [1.29, 1.82) is 0 Å². The maximum Gasteiger partial charge on any atom is 0.222 e. The molecule has 0 unspecified atom stereocenters. The minimum absolute atomic E-state index is 0.128. The number of halogens is 1. The number of amides is 1. The summed E-state index contributed by atoms with van der Waals surface area (Å²) < 4.78 is 7.29. The summed E-state index contributed by atoms with van der Waals surface area (Å²) in [4.78, 5) is 19.0. The van der Waals surface area contributed by atoms with Crippen LogP contribution in [0, 0.1) is 0 Å². The number of para-hydroxylation sites is 1. The number of likely N-dealkylation sites (tertiary alicyclic amines) is 1. The summed E-state index contributed by atoms with van der Waals surface area (Å²) in [5.41, 5.74) is 2.09. The van der Waals surface area contributed by atoms with E-state index < -0.39 is 0 Å². The van der Waals surface area contributed by atoms with Gasteiger partial charge in [0.1, 0.15) is 17.4 Å². The Morgan fingerprint density at radius 1 is 1.07 bits per heavy atom. The number of carbonyl (C=O) groups excluding carboxylic acids is 1. The Labute approximate surface area is 173 Å². The number of hydrogen-bond donors (Lipinski definition) is 0. The summed E-state index contributed by atoms with van der Waals surface area (Å²) in [6, 6.07) is 18.2. The van der Waals surface area contributed by atoms with Crippen LogP contribution < -0.4 is 4.74 Å². The lowest BCUT2D eigenvalue weighted by molar-refractivity contribution is -0.132. The largest absolute Gasteiger partial charge is 0.488 e. The molecule has 1 aliphatic rings. The van der Waals surface area contributed by atoms with Gasteiger partial charge in [0.25, 0.3) is 0 Å². The fourth-order valence-corrected chi connectivity index (χ4v) is 3.90. The molecule has 2 aromatic carbocycles. The second-order valence-electron chi connectivity index (χ2n) is 7.16. The molecule has 1 saturated heterocycles. The van der Waals surface area contributed by atoms with Crippen molar-refractivity contribution in [3.05, 3.63) is 70.8 Å². The molecule has 0 spiro atoms. The molecule has 1 fully saturated rings. The number of hydrogen-bond acceptors (Lipinski definition) is 3. The molecule has 4 nitrogen and oxygen atoms in total. The fraction of sp³-hybridized carbons (Fsp3) is 0.304. The van der Waals surface area contributed by atoms with Crippen molar-refractivity contribution in [3.63, 3.8) is 0 Å². The van der Waals surface area contributed by atoms with Gasteiger partial charge >= 0.3 is 0 Å². The molecule has 5 heteroatoms. The SMILES string of the molecule is O=C(CCc1ccc(Br)cc1)N1CCC(Oc2cccc3cccnc23)CC1. The number of aryl methyl sites for hydroxylation is 1. The summed E-state index contributed by atoms with van der Waals surface area (Å²) in [6.07, 6.45) is 4.97. The summed E-state index contributed by atoms with van der Waals surface area (Å²) in [7, 11) is 0. The zero-order valence-corrected chi connectivity index (χ0v) is 17.3. The number of piperidine rings is 1. The maximum atomic E-state index is 12.5. The number of rotatable bonds is 5. The molecule has 0 N–H and O–H groups in total. The minimum Gasteiger partial charge on any atom is -0.488 e. The minimum atomic E-state index is 0.128. The zero-order valence-electron chi connectivity index (χ0n) is 15.7. The first-order valence-electron chi connectivity index (χ1n) is 9.72. The fourth-order valence-electron chi connectivity index (χ4n) is 3.63. The van der Waals surface area contributed by atoms with E-state index >= 15 is 0 Å². The van der Waals surface area contributed by atoms with E-state index in [4.69, 9.17) is 4.74 Å². The molecule has 1 aliphatic heterocycles. The zero-order chi connectivity index (χ0) is 19.3. The Balaban J connectivity index is 1.29. The lowest BCUT2D eigenvalue weighted by atomic mass is 10.1. The highest BCUT2D eigenvalue weighted by Crippen LogP contribution is 2.26. The molecule has 0 aliphatic carbocycles. The van der Waals surface area contributed by atoms with E-state index in [2.05, 4.69) is 33.0 Å². The number of ether oxygens (including phenoxy) is 1. The molecule has 0 bridgehead atoms. The third-order valence-corrected chi connectivity index (χ3v) is 5.75. The third kappa shape index (κ3) is 4.53. The van der Waals surface area contributed by atoms with Gasteiger partial charge in [0, 0.05) is 48.4 Å². The molecule has 3 aromatic rings. The van der Waals surface area contributed by atoms with E-state index in [1.165, 1.54) is 5.56 Å². The Bertz CT molecular complexity index is 945. The van der Waals surface area contributed by atoms with Crippen molar-refractivity contribution < 1.29 is 9.53 Å². The summed E-state index contributed by atoms with van der Waals surface area (Å²) in [5, 5.41) is 1.08. The van der Waals surface area contributed by atoms with Crippen LogP contribution in [0.5, 0.6) is 5.75 Å². The van der Waals surface area contributed by atoms with Crippen LogP contribution in [0.15, 0.2) is 65.3 Å². The van der Waals surface area contributed by atoms with E-state index in [0.29, 0.717) is 6.42 Å². The average molecular weight is 439 g/mol. The standard InChI is InChI=1S/C23H23BrN2O2/c24-19-9-6-17(7-10-19)8-11-22(27)26-15-12-20(13-16-26)28-21-5-1-3-18-4-2-14-25-23(18)21/h1-7,9-10,14,20H,8,11-13,15-16H2. The topological polar surface area (TPSA) is 42.4 Å². The Kier molecular flexibility index (Phi) is 5.91. The van der Waals surface area contributed by atoms with E-state index in [0.717, 1.165) is 53.5 Å². The Morgan fingerprint density at radius 2 is 1.82 bits per heavy atom. The predicted octanol–water partition coefficient (Wildman–Crippen LogP) is 5.00. The second-order valence-corrected chi connectivity index (χ2v) is 8.07. The molecule has 4 rings (SSSR count). The van der Waals surface area contributed by atoms with Crippen LogP contribution in [0.2, 0.25) is 0 Å². The lowest BCUT2D eigenvalue weighted by Crippen LogP contribution is -2.41. The molecular formula is C23H23BrN2O2. The van der Waals surface area contributed by atoms with Crippen molar-refractivity contribution in [2.45, 2.75) is 31.8 Å². The number of carbonyl (C=O) groups is 1. The number of fused-ring (bicyclic) bond motifs is 1. The summed E-state index contributed by atoms with van der Waals surface area (Å²) in [5.74, 6) is 1.06. The van der Waals surface area contributed by atoms with Crippen LogP contribution in [0.3, 0.4) is 0 Å². The highest BCUT2D eigenvalue weighted by molar-refractivity contribution is 9.10. The van der Waals surface area contributed by atoms with Gasteiger partial charge in [-0.15, -0.1) is 0 Å². The van der Waals surface area contributed by atoms with Gasteiger partial charge in [-0.05, 0) is 36.2 Å². The van der Waals surface area contributed by atoms with Gasteiger partial charge in [0.15, 0.2) is 0 Å². The third-order valence-electron chi connectivity index (χ3n) is 5.22. The monoisotopic (exact) mass is 438 g/mol. The summed E-state index contributed by atoms with van der Waals surface area (Å²) >= 11 is 3.44. The quantitative estimate of drug-likeness (QED) is 0.562. The van der Waals surface area contributed by atoms with Gasteiger partial charge in [-0.3, -0.25) is 9.78 Å². The highest BCUT2D eigenvalue weighted by Gasteiger charge is 2.24. The molecule has 2 heterocycles. The number of pyridine rings is 1. The second kappa shape index (κ2) is 8.74. The highest BCUT2D eigenvalue weighted by atomic mass is 79.9. The van der Waals surface area contributed by atoms with Gasteiger partial charge in [-0.2, -0.15) is 0 Å². The van der Waals surface area contributed by atoms with Crippen molar-refractivity contribution in [2.24, 2.45) is 0 Å². The van der Waals surface area contributed by atoms with Gasteiger partial charge < -0.3 is 9.64 Å². The van der Waals surface area contributed by atoms with Crippen molar-refractivity contribution in [2.75, 3.05) is 13.1 Å². The van der Waals surface area contributed by atoms with Crippen molar-refractivity contribution >= 4 is 32.7 Å². The van der Waals surface area contributed by atoms with Gasteiger partial charge in [0.05, 0.1) is 0 Å². The van der Waals surface area contributed by atoms with Crippen LogP contribution in [-0.4, -0.2) is 35.0 Å². The average Bonchev–Trinajstić information content (AvgIpc) is 2.74. The maximum absolute atomic E-state index is 12.5. The van der Waals surface area contributed by atoms with Crippen molar-refractivity contribution in [3.8, 4) is 5.75 Å². The molecule has 1 aromatic heterocycles. The lowest BCUT2D eigenvalue weighted by Gasteiger charge is -2.32. The Morgan fingerprint density at radius 3 is 2.61 bits per heavy atom. The van der Waals surface area contributed by atoms with E-state index in [-0.39, 0.29) is 12.0 Å². The predicted molar refractivity (Wildman–Crippen MR) is 114 cm³/mol. The van der Waals surface area contributed by atoms with E-state index in [1.54, 1.807) is 6.20 Å². The Hall–Kier alpha value is -2.40. The van der Waals surface area contributed by atoms with Crippen LogP contribution in [0.25, 0.3) is 10.9 Å². The molecule has 0 atom stereocenters. The number of nitrogens with zero attached hydrogens (tertiary/aromatic N) is 2. The molecule has 0 radical (unpaired) electrons. The van der Waals surface area contributed by atoms with Crippen molar-refractivity contribution in [1.82, 2.24) is 9.88 Å². The molecular weight excluding hydrogens is 416 g/mol. The summed E-state index contributed by atoms with van der Waals surface area (Å²) in [6.45, 7) is 1.50. The normalized spacial score (nSPS) is 15.0. The van der Waals surface area contributed by atoms with Crippen LogP contribution >= 0.6 is 15.9 Å². The first-order valence-corrected chi connectivity index (χ1v) is 10.5. The molecule has 1 amide bonds. The first kappa shape index (κ1) is 18.9.